The molecule has 0 saturated carbocycles. The first-order valence-electron chi connectivity index (χ1n) is 8.51. The highest BCUT2D eigenvalue weighted by molar-refractivity contribution is 5.73. The molecule has 0 radical (unpaired) electrons. The van der Waals surface area contributed by atoms with Crippen LogP contribution in [0.5, 0.6) is 0 Å². The lowest BCUT2D eigenvalue weighted by atomic mass is 10.0. The molecule has 3 rings (SSSR count). The average Bonchev–Trinajstić information content (AvgIpc) is 2.69. The Balaban J connectivity index is 1.88. The number of allylic oxidation sites excluding steroid dienone is 1. The van der Waals surface area contributed by atoms with Crippen LogP contribution in [0.4, 0.5) is 11.4 Å². The summed E-state index contributed by atoms with van der Waals surface area (Å²) < 4.78 is 0. The smallest absolute Gasteiger partial charge is 0.0414 e. The molecule has 0 fully saturated rings. The maximum absolute atomic E-state index is 3.94. The monoisotopic (exact) mass is 325 g/mol. The molecule has 0 atom stereocenters. The van der Waals surface area contributed by atoms with Gasteiger partial charge in [0.05, 0.1) is 0 Å². The minimum Gasteiger partial charge on any atom is -0.345 e. The lowest BCUT2D eigenvalue weighted by Gasteiger charge is -2.21. The Kier molecular flexibility index (Phi) is 5.15. The first kappa shape index (κ1) is 16.8. The summed E-state index contributed by atoms with van der Waals surface area (Å²) in [6.07, 6.45) is 6.06. The number of anilines is 2. The summed E-state index contributed by atoms with van der Waals surface area (Å²) in [6.45, 7) is 5.97. The quantitative estimate of drug-likeness (QED) is 0.498. The molecule has 124 valence electrons. The Morgan fingerprint density at radius 1 is 0.760 bits per heavy atom. The molecule has 3 aromatic carbocycles. The van der Waals surface area contributed by atoms with E-state index in [1.807, 2.05) is 25.1 Å². The average molecular weight is 325 g/mol. The SMILES string of the molecule is C=Cc1cc(N(C)c2ccc(-c3ccccc3)cc2)ccc1C=CC. The number of nitrogens with zero attached hydrogens (tertiary/aromatic N) is 1. The van der Waals surface area contributed by atoms with Gasteiger partial charge in [-0.2, -0.15) is 0 Å². The summed E-state index contributed by atoms with van der Waals surface area (Å²) in [5.74, 6) is 0. The molecule has 0 aliphatic heterocycles. The van der Waals surface area contributed by atoms with E-state index in [0.29, 0.717) is 0 Å². The molecule has 0 amide bonds. The molecule has 0 aromatic heterocycles. The summed E-state index contributed by atoms with van der Waals surface area (Å²) in [6, 6.07) is 25.6. The third-order valence-electron chi connectivity index (χ3n) is 4.39. The molecule has 0 saturated heterocycles. The maximum Gasteiger partial charge on any atom is 0.0414 e. The molecular weight excluding hydrogens is 302 g/mol. The highest BCUT2D eigenvalue weighted by atomic mass is 15.1. The van der Waals surface area contributed by atoms with Crippen LogP contribution >= 0.6 is 0 Å². The van der Waals surface area contributed by atoms with Crippen molar-refractivity contribution in [2.75, 3.05) is 11.9 Å². The van der Waals surface area contributed by atoms with Gasteiger partial charge < -0.3 is 4.90 Å². The Bertz CT molecular complexity index is 874. The Hall–Kier alpha value is -3.06. The van der Waals surface area contributed by atoms with Crippen molar-refractivity contribution in [3.8, 4) is 11.1 Å². The maximum atomic E-state index is 3.94. The molecule has 0 spiro atoms. The van der Waals surface area contributed by atoms with Crippen LogP contribution in [0.15, 0.2) is 85.5 Å². The summed E-state index contributed by atoms with van der Waals surface area (Å²) in [5, 5.41) is 0. The Labute approximate surface area is 150 Å². The zero-order chi connectivity index (χ0) is 17.6. The molecule has 0 bridgehead atoms. The van der Waals surface area contributed by atoms with Gasteiger partial charge in [0, 0.05) is 18.4 Å². The van der Waals surface area contributed by atoms with Gasteiger partial charge in [0.25, 0.3) is 0 Å². The fourth-order valence-corrected chi connectivity index (χ4v) is 2.94. The standard InChI is InChI=1S/C24H23N/c1-4-9-20-14-17-24(18-19(20)5-2)25(3)23-15-12-22(13-16-23)21-10-7-6-8-11-21/h4-18H,2H2,1,3H3. The highest BCUT2D eigenvalue weighted by Gasteiger charge is 2.07. The van der Waals surface area contributed by atoms with Crippen molar-refractivity contribution in [1.29, 1.82) is 0 Å². The summed E-state index contributed by atoms with van der Waals surface area (Å²) in [5.41, 5.74) is 7.11. The van der Waals surface area contributed by atoms with Gasteiger partial charge in [-0.15, -0.1) is 0 Å². The van der Waals surface area contributed by atoms with Gasteiger partial charge in [0.15, 0.2) is 0 Å². The van der Waals surface area contributed by atoms with Gasteiger partial charge in [0.2, 0.25) is 0 Å². The van der Waals surface area contributed by atoms with E-state index in [4.69, 9.17) is 0 Å². The van der Waals surface area contributed by atoms with Crippen LogP contribution in [0, 0.1) is 0 Å². The van der Waals surface area contributed by atoms with Gasteiger partial charge in [-0.3, -0.25) is 0 Å². The molecule has 0 heterocycles. The molecule has 25 heavy (non-hydrogen) atoms. The number of rotatable bonds is 5. The molecule has 0 N–H and O–H groups in total. The first-order chi connectivity index (χ1) is 12.2. The molecule has 0 aliphatic rings. The van der Waals surface area contributed by atoms with E-state index in [1.54, 1.807) is 0 Å². The lowest BCUT2D eigenvalue weighted by molar-refractivity contribution is 1.21. The van der Waals surface area contributed by atoms with Crippen molar-refractivity contribution >= 4 is 23.5 Å². The number of benzene rings is 3. The molecule has 0 unspecified atom stereocenters. The fraction of sp³-hybridized carbons (Fsp3) is 0.0833. The number of hydrogen-bond acceptors (Lipinski definition) is 1. The van der Waals surface area contributed by atoms with E-state index in [0.717, 1.165) is 16.9 Å². The fourth-order valence-electron chi connectivity index (χ4n) is 2.94. The van der Waals surface area contributed by atoms with E-state index in [1.165, 1.54) is 16.7 Å². The van der Waals surface area contributed by atoms with Crippen molar-refractivity contribution in [3.05, 3.63) is 96.6 Å². The van der Waals surface area contributed by atoms with Crippen molar-refractivity contribution in [2.24, 2.45) is 0 Å². The first-order valence-corrected chi connectivity index (χ1v) is 8.51. The second-order valence-corrected chi connectivity index (χ2v) is 5.99. The van der Waals surface area contributed by atoms with Crippen molar-refractivity contribution < 1.29 is 0 Å². The zero-order valence-corrected chi connectivity index (χ0v) is 14.8. The molecule has 1 heteroatoms. The predicted molar refractivity (Wildman–Crippen MR) is 111 cm³/mol. The van der Waals surface area contributed by atoms with Gasteiger partial charge in [0.1, 0.15) is 0 Å². The minimum atomic E-state index is 1.14. The zero-order valence-electron chi connectivity index (χ0n) is 14.8. The van der Waals surface area contributed by atoms with Gasteiger partial charge >= 0.3 is 0 Å². The molecule has 3 aromatic rings. The van der Waals surface area contributed by atoms with E-state index in [2.05, 4.69) is 91.3 Å². The van der Waals surface area contributed by atoms with Crippen molar-refractivity contribution in [3.63, 3.8) is 0 Å². The Morgan fingerprint density at radius 3 is 2.04 bits per heavy atom. The van der Waals surface area contributed by atoms with Gasteiger partial charge in [-0.05, 0) is 53.4 Å². The third kappa shape index (κ3) is 3.72. The minimum absolute atomic E-state index is 1.14. The van der Waals surface area contributed by atoms with E-state index >= 15 is 0 Å². The second-order valence-electron chi connectivity index (χ2n) is 5.99. The number of hydrogen-bond donors (Lipinski definition) is 0. The van der Waals surface area contributed by atoms with Gasteiger partial charge in [-0.25, -0.2) is 0 Å². The van der Waals surface area contributed by atoms with Crippen molar-refractivity contribution in [1.82, 2.24) is 0 Å². The Morgan fingerprint density at radius 2 is 1.40 bits per heavy atom. The van der Waals surface area contributed by atoms with E-state index in [9.17, 15) is 0 Å². The topological polar surface area (TPSA) is 3.24 Å². The second kappa shape index (κ2) is 7.67. The normalized spacial score (nSPS) is 10.8. The van der Waals surface area contributed by atoms with Crippen LogP contribution in [0.25, 0.3) is 23.3 Å². The summed E-state index contributed by atoms with van der Waals surface area (Å²) in [4.78, 5) is 2.20. The molecule has 0 aliphatic carbocycles. The van der Waals surface area contributed by atoms with Crippen LogP contribution in [-0.2, 0) is 0 Å². The molecule has 1 nitrogen and oxygen atoms in total. The predicted octanol–water partition coefficient (Wildman–Crippen LogP) is 6.80. The largest absolute Gasteiger partial charge is 0.345 e. The van der Waals surface area contributed by atoms with E-state index in [-0.39, 0.29) is 0 Å². The van der Waals surface area contributed by atoms with Crippen LogP contribution < -0.4 is 4.90 Å². The van der Waals surface area contributed by atoms with Gasteiger partial charge in [-0.1, -0.05) is 73.3 Å². The summed E-state index contributed by atoms with van der Waals surface area (Å²) in [7, 11) is 2.09. The lowest BCUT2D eigenvalue weighted by Crippen LogP contribution is -2.09. The van der Waals surface area contributed by atoms with Crippen LogP contribution in [0.2, 0.25) is 0 Å². The van der Waals surface area contributed by atoms with E-state index < -0.39 is 0 Å². The highest BCUT2D eigenvalue weighted by Crippen LogP contribution is 2.29. The van der Waals surface area contributed by atoms with Crippen molar-refractivity contribution in [2.45, 2.75) is 6.92 Å². The van der Waals surface area contributed by atoms with Crippen LogP contribution in [-0.4, -0.2) is 7.05 Å². The molecular formula is C24H23N. The van der Waals surface area contributed by atoms with Crippen LogP contribution in [0.1, 0.15) is 18.1 Å². The summed E-state index contributed by atoms with van der Waals surface area (Å²) >= 11 is 0. The third-order valence-corrected chi connectivity index (χ3v) is 4.39. The van der Waals surface area contributed by atoms with Crippen LogP contribution in [0.3, 0.4) is 0 Å².